The molecule has 2 heterocycles. The van der Waals surface area contributed by atoms with Gasteiger partial charge in [0.25, 0.3) is 5.56 Å². The van der Waals surface area contributed by atoms with Gasteiger partial charge in [0, 0.05) is 39.4 Å². The lowest BCUT2D eigenvalue weighted by Gasteiger charge is -2.17. The molecular weight excluding hydrogens is 244 g/mol. The van der Waals surface area contributed by atoms with E-state index in [0.29, 0.717) is 13.2 Å². The van der Waals surface area contributed by atoms with Crippen molar-refractivity contribution in [2.75, 3.05) is 44.8 Å². The quantitative estimate of drug-likeness (QED) is 0.708. The fourth-order valence-corrected chi connectivity index (χ4v) is 2.22. The summed E-state index contributed by atoms with van der Waals surface area (Å²) in [6.45, 7) is 4.84. The van der Waals surface area contributed by atoms with Gasteiger partial charge in [0.15, 0.2) is 0 Å². The molecule has 0 atom stereocenters. The van der Waals surface area contributed by atoms with E-state index >= 15 is 0 Å². The van der Waals surface area contributed by atoms with E-state index in [-0.39, 0.29) is 5.56 Å². The summed E-state index contributed by atoms with van der Waals surface area (Å²) in [7, 11) is 1.67. The molecule has 0 bridgehead atoms. The molecule has 19 heavy (non-hydrogen) atoms. The highest BCUT2D eigenvalue weighted by molar-refractivity contribution is 5.43. The molecule has 6 heteroatoms. The first-order chi connectivity index (χ1) is 9.31. The topological polar surface area (TPSA) is 59.4 Å². The Bertz CT molecular complexity index is 441. The van der Waals surface area contributed by atoms with Crippen LogP contribution in [-0.2, 0) is 11.3 Å². The summed E-state index contributed by atoms with van der Waals surface area (Å²) in [5.74, 6) is 0. The predicted molar refractivity (Wildman–Crippen MR) is 74.7 cm³/mol. The average Bonchev–Trinajstić information content (AvgIpc) is 2.94. The number of hydrogen-bond acceptors (Lipinski definition) is 5. The maximum Gasteiger partial charge on any atom is 0.268 e. The molecule has 1 aliphatic rings. The van der Waals surface area contributed by atoms with Crippen LogP contribution in [0.25, 0.3) is 0 Å². The van der Waals surface area contributed by atoms with E-state index in [1.807, 2.05) is 0 Å². The molecule has 0 radical (unpaired) electrons. The molecule has 0 aromatic carbocycles. The van der Waals surface area contributed by atoms with Gasteiger partial charge in [-0.2, -0.15) is 5.10 Å². The molecule has 0 aliphatic carbocycles. The second kappa shape index (κ2) is 7.25. The van der Waals surface area contributed by atoms with Crippen LogP contribution in [0.5, 0.6) is 0 Å². The molecule has 0 saturated carbocycles. The lowest BCUT2D eigenvalue weighted by atomic mass is 10.4. The Morgan fingerprint density at radius 3 is 2.84 bits per heavy atom. The zero-order chi connectivity index (χ0) is 13.5. The summed E-state index contributed by atoms with van der Waals surface area (Å²) in [4.78, 5) is 14.2. The first kappa shape index (κ1) is 14.0. The maximum absolute atomic E-state index is 11.9. The summed E-state index contributed by atoms with van der Waals surface area (Å²) >= 11 is 0. The molecule has 1 aliphatic heterocycles. The van der Waals surface area contributed by atoms with Crippen LogP contribution in [0.1, 0.15) is 12.8 Å². The minimum atomic E-state index is -0.0297. The Labute approximate surface area is 113 Å². The Morgan fingerprint density at radius 2 is 2.16 bits per heavy atom. The molecule has 6 nitrogen and oxygen atoms in total. The average molecular weight is 266 g/mol. The smallest absolute Gasteiger partial charge is 0.268 e. The molecular formula is C13H22N4O2. The molecule has 1 aromatic rings. The Morgan fingerprint density at radius 1 is 1.37 bits per heavy atom. The van der Waals surface area contributed by atoms with Crippen LogP contribution in [0.4, 0.5) is 5.69 Å². The fourth-order valence-electron chi connectivity index (χ4n) is 2.22. The molecule has 0 unspecified atom stereocenters. The van der Waals surface area contributed by atoms with Crippen molar-refractivity contribution >= 4 is 5.69 Å². The molecule has 0 amide bonds. The predicted octanol–water partition coefficient (Wildman–Crippen LogP) is 0.0795. The van der Waals surface area contributed by atoms with Crippen LogP contribution in [0.2, 0.25) is 0 Å². The van der Waals surface area contributed by atoms with E-state index in [2.05, 4.69) is 15.3 Å². The Hall–Kier alpha value is -1.40. The molecule has 1 saturated heterocycles. The first-order valence-electron chi connectivity index (χ1n) is 6.83. The number of anilines is 1. The normalized spacial score (nSPS) is 15.1. The van der Waals surface area contributed by atoms with Gasteiger partial charge in [-0.05, 0) is 12.8 Å². The van der Waals surface area contributed by atoms with Gasteiger partial charge in [-0.15, -0.1) is 0 Å². The minimum absolute atomic E-state index is 0.0297. The van der Waals surface area contributed by atoms with Gasteiger partial charge in [-0.25, -0.2) is 4.68 Å². The van der Waals surface area contributed by atoms with Gasteiger partial charge in [-0.3, -0.25) is 4.79 Å². The van der Waals surface area contributed by atoms with Crippen molar-refractivity contribution in [1.29, 1.82) is 0 Å². The van der Waals surface area contributed by atoms with E-state index in [9.17, 15) is 4.79 Å². The molecule has 1 N–H and O–H groups in total. The number of ether oxygens (including phenoxy) is 1. The van der Waals surface area contributed by atoms with Crippen LogP contribution in [0, 0.1) is 0 Å². The van der Waals surface area contributed by atoms with Gasteiger partial charge < -0.3 is 15.0 Å². The van der Waals surface area contributed by atoms with Crippen molar-refractivity contribution in [3.63, 3.8) is 0 Å². The van der Waals surface area contributed by atoms with Crippen molar-refractivity contribution in [2.45, 2.75) is 19.4 Å². The lowest BCUT2D eigenvalue weighted by Crippen LogP contribution is -2.31. The van der Waals surface area contributed by atoms with Crippen molar-refractivity contribution in [3.8, 4) is 0 Å². The summed E-state index contributed by atoms with van der Waals surface area (Å²) < 4.78 is 6.44. The molecule has 1 fully saturated rings. The van der Waals surface area contributed by atoms with Gasteiger partial charge >= 0.3 is 0 Å². The number of aromatic nitrogens is 2. The van der Waals surface area contributed by atoms with Crippen LogP contribution in [0.15, 0.2) is 17.1 Å². The largest absolute Gasteiger partial charge is 0.383 e. The SMILES string of the molecule is COCCNCCn1ncc(N2CCCC2)cc1=O. The standard InChI is InChI=1S/C13H22N4O2/c1-19-9-5-14-4-8-17-13(18)10-12(11-15-17)16-6-2-3-7-16/h10-11,14H,2-9H2,1H3. The van der Waals surface area contributed by atoms with Crippen molar-refractivity contribution in [3.05, 3.63) is 22.6 Å². The van der Waals surface area contributed by atoms with E-state index < -0.39 is 0 Å². The molecule has 1 aromatic heterocycles. The first-order valence-corrected chi connectivity index (χ1v) is 6.83. The van der Waals surface area contributed by atoms with E-state index in [0.717, 1.165) is 31.9 Å². The monoisotopic (exact) mass is 266 g/mol. The second-order valence-corrected chi connectivity index (χ2v) is 4.71. The van der Waals surface area contributed by atoms with Crippen molar-refractivity contribution in [2.24, 2.45) is 0 Å². The van der Waals surface area contributed by atoms with Crippen molar-refractivity contribution in [1.82, 2.24) is 15.1 Å². The van der Waals surface area contributed by atoms with Crippen molar-refractivity contribution < 1.29 is 4.74 Å². The fraction of sp³-hybridized carbons (Fsp3) is 0.692. The number of nitrogens with zero attached hydrogens (tertiary/aromatic N) is 3. The summed E-state index contributed by atoms with van der Waals surface area (Å²) in [6, 6.07) is 1.69. The van der Waals surface area contributed by atoms with Gasteiger partial charge in [-0.1, -0.05) is 0 Å². The Balaban J connectivity index is 1.86. The van der Waals surface area contributed by atoms with E-state index in [1.165, 1.54) is 17.5 Å². The second-order valence-electron chi connectivity index (χ2n) is 4.71. The highest BCUT2D eigenvalue weighted by Crippen LogP contribution is 2.16. The number of rotatable bonds is 7. The van der Waals surface area contributed by atoms with Crippen LogP contribution in [-0.4, -0.2) is 49.7 Å². The van der Waals surface area contributed by atoms with E-state index in [1.54, 1.807) is 19.4 Å². The molecule has 2 rings (SSSR count). The van der Waals surface area contributed by atoms with E-state index in [4.69, 9.17) is 4.74 Å². The third-order valence-electron chi connectivity index (χ3n) is 3.31. The van der Waals surface area contributed by atoms with Crippen LogP contribution in [0.3, 0.4) is 0 Å². The summed E-state index contributed by atoms with van der Waals surface area (Å²) in [5.41, 5.74) is 0.920. The Kier molecular flexibility index (Phi) is 5.35. The maximum atomic E-state index is 11.9. The van der Waals surface area contributed by atoms with Gasteiger partial charge in [0.05, 0.1) is 25.0 Å². The van der Waals surface area contributed by atoms with Crippen LogP contribution < -0.4 is 15.8 Å². The summed E-state index contributed by atoms with van der Waals surface area (Å²) in [5, 5.41) is 7.43. The van der Waals surface area contributed by atoms with Gasteiger partial charge in [0.1, 0.15) is 0 Å². The minimum Gasteiger partial charge on any atom is -0.383 e. The highest BCUT2D eigenvalue weighted by Gasteiger charge is 2.13. The number of hydrogen-bond donors (Lipinski definition) is 1. The third-order valence-corrected chi connectivity index (χ3v) is 3.31. The third kappa shape index (κ3) is 4.04. The number of nitrogens with one attached hydrogen (secondary N) is 1. The lowest BCUT2D eigenvalue weighted by molar-refractivity contribution is 0.199. The molecule has 0 spiro atoms. The summed E-state index contributed by atoms with van der Waals surface area (Å²) in [6.07, 6.45) is 4.20. The molecule has 106 valence electrons. The number of methoxy groups -OCH3 is 1. The highest BCUT2D eigenvalue weighted by atomic mass is 16.5. The van der Waals surface area contributed by atoms with Crippen LogP contribution >= 0.6 is 0 Å². The van der Waals surface area contributed by atoms with Gasteiger partial charge in [0.2, 0.25) is 0 Å². The zero-order valence-corrected chi connectivity index (χ0v) is 11.5. The zero-order valence-electron chi connectivity index (χ0n) is 11.5.